The summed E-state index contributed by atoms with van der Waals surface area (Å²) in [6.45, 7) is -0.0910. The van der Waals surface area contributed by atoms with Crippen LogP contribution in [0.1, 0.15) is 27.7 Å². The molecule has 0 aromatic rings. The number of nitrogens with one attached hydrogen (secondary N) is 3. The molecule has 6 rings (SSSR count). The van der Waals surface area contributed by atoms with E-state index in [0.717, 1.165) is 20.8 Å². The van der Waals surface area contributed by atoms with Gasteiger partial charge in [-0.15, -0.1) is 0 Å². The van der Waals surface area contributed by atoms with Gasteiger partial charge in [-0.05, 0) is 6.92 Å². The summed E-state index contributed by atoms with van der Waals surface area (Å²) in [7, 11) is 0. The lowest BCUT2D eigenvalue weighted by atomic mass is 9.94. The van der Waals surface area contributed by atoms with Crippen molar-refractivity contribution < 1.29 is 143 Å². The Morgan fingerprint density at radius 3 is 1.45 bits per heavy atom. The summed E-state index contributed by atoms with van der Waals surface area (Å²) in [6, 6.07) is -4.45. The lowest BCUT2D eigenvalue weighted by Crippen LogP contribution is -2.70. The number of amides is 3. The highest BCUT2D eigenvalue weighted by Gasteiger charge is 2.57. The fraction of sp³-hybridized carbons (Fsp3) is 0.929. The molecule has 6 heterocycles. The normalized spacial score (nSPS) is 48.1. The zero-order chi connectivity index (χ0) is 54.6. The average molecular weight is 1080 g/mol. The smallest absolute Gasteiger partial charge is 0.217 e. The highest BCUT2D eigenvalue weighted by molar-refractivity contribution is 5.74. The number of aliphatic hydroxyl groups is 15. The number of ether oxygens (including phenoxy) is 11. The van der Waals surface area contributed by atoms with E-state index in [2.05, 4.69) is 16.0 Å². The van der Waals surface area contributed by atoms with Crippen LogP contribution in [-0.2, 0) is 66.5 Å². The van der Waals surface area contributed by atoms with E-state index in [1.807, 2.05) is 0 Å². The second kappa shape index (κ2) is 26.3. The first-order valence-electron chi connectivity index (χ1n) is 23.8. The van der Waals surface area contributed by atoms with E-state index in [-0.39, 0.29) is 6.61 Å². The number of aliphatic hydroxyl groups excluding tert-OH is 15. The maximum atomic E-state index is 12.7. The van der Waals surface area contributed by atoms with Gasteiger partial charge in [0.2, 0.25) is 17.7 Å². The van der Waals surface area contributed by atoms with Crippen LogP contribution in [0.3, 0.4) is 0 Å². The Morgan fingerprint density at radius 2 is 0.878 bits per heavy atom. The molecule has 6 fully saturated rings. The third-order valence-corrected chi connectivity index (χ3v) is 13.5. The molecule has 428 valence electrons. The van der Waals surface area contributed by atoms with Crippen molar-refractivity contribution in [2.24, 2.45) is 0 Å². The summed E-state index contributed by atoms with van der Waals surface area (Å²) in [5.41, 5.74) is 0. The van der Waals surface area contributed by atoms with Gasteiger partial charge in [-0.2, -0.15) is 0 Å². The Labute approximate surface area is 421 Å². The van der Waals surface area contributed by atoms with Crippen LogP contribution in [0, 0.1) is 0 Å². The third-order valence-electron chi connectivity index (χ3n) is 13.5. The fourth-order valence-electron chi connectivity index (χ4n) is 9.49. The molecule has 0 bridgehead atoms. The SMILES string of the molecule is CC(=O)N[C@H]1[C@H](O[C@H]2[C@H](O)[C@@H](NC(C)=O)CO[C@@H]2CO[C@H]2O[C@@H](C)[C@@H](O)[C@@H](O)[C@@H]2O)O[C@H](CO)[C@@H](O[C@@H]2O[C@H](CO)[C@@H](O)[C@H](O[C@H]3O[C@H](CO)[C@@H](O)[C@H](O)[C@@H]3O[C@H]3O[C@H](CO)[C@@H](O)[C@H](O)[C@H]3NC(C)=O)[C@@H]2O)[C@@H]1O. The average Bonchev–Trinajstić information content (AvgIpc) is 3.35. The van der Waals surface area contributed by atoms with Gasteiger partial charge < -0.3 is 145 Å². The van der Waals surface area contributed by atoms with E-state index in [4.69, 9.17) is 52.1 Å². The Kier molecular flexibility index (Phi) is 21.6. The van der Waals surface area contributed by atoms with Crippen molar-refractivity contribution in [1.29, 1.82) is 0 Å². The molecule has 18 N–H and O–H groups in total. The minimum absolute atomic E-state index is 0.323. The molecule has 74 heavy (non-hydrogen) atoms. The highest BCUT2D eigenvalue weighted by atomic mass is 16.8. The molecule has 0 spiro atoms. The molecule has 6 aliphatic heterocycles. The van der Waals surface area contributed by atoms with Gasteiger partial charge in [0.1, 0.15) is 134 Å². The van der Waals surface area contributed by atoms with Crippen molar-refractivity contribution in [2.75, 3.05) is 39.6 Å². The molecule has 0 aliphatic carbocycles. The minimum atomic E-state index is -2.22. The number of carbonyl (C=O) groups excluding carboxylic acids is 3. The topological polar surface area (TPSA) is 492 Å². The van der Waals surface area contributed by atoms with Gasteiger partial charge in [-0.1, -0.05) is 0 Å². The molecule has 0 aromatic heterocycles. The van der Waals surface area contributed by atoms with Gasteiger partial charge in [0.15, 0.2) is 31.5 Å². The Morgan fingerprint density at radius 1 is 0.419 bits per heavy atom. The van der Waals surface area contributed by atoms with Gasteiger partial charge in [0.25, 0.3) is 0 Å². The van der Waals surface area contributed by atoms with Gasteiger partial charge in [0.05, 0.1) is 51.8 Å². The molecule has 29 atom stereocenters. The molecule has 3 amide bonds. The molecule has 0 unspecified atom stereocenters. The number of carbonyl (C=O) groups is 3. The van der Waals surface area contributed by atoms with Gasteiger partial charge in [-0.3, -0.25) is 14.4 Å². The zero-order valence-corrected chi connectivity index (χ0v) is 40.4. The summed E-state index contributed by atoms with van der Waals surface area (Å²) in [5.74, 6) is -2.15. The zero-order valence-electron chi connectivity index (χ0n) is 40.4. The quantitative estimate of drug-likeness (QED) is 0.0606. The molecular weight excluding hydrogens is 1010 g/mol. The largest absolute Gasteiger partial charge is 0.394 e. The van der Waals surface area contributed by atoms with Gasteiger partial charge in [-0.25, -0.2) is 0 Å². The van der Waals surface area contributed by atoms with Crippen molar-refractivity contribution in [3.05, 3.63) is 0 Å². The van der Waals surface area contributed by atoms with Crippen LogP contribution >= 0.6 is 0 Å². The monoisotopic (exact) mass is 1080 g/mol. The van der Waals surface area contributed by atoms with Crippen molar-refractivity contribution in [1.82, 2.24) is 16.0 Å². The van der Waals surface area contributed by atoms with Crippen LogP contribution in [0.5, 0.6) is 0 Å². The first-order valence-corrected chi connectivity index (χ1v) is 23.8. The fourth-order valence-corrected chi connectivity index (χ4v) is 9.49. The first kappa shape index (κ1) is 60.6. The summed E-state index contributed by atoms with van der Waals surface area (Å²) in [6.07, 6.45) is -46.2. The Balaban J connectivity index is 1.24. The lowest BCUT2D eigenvalue weighted by Gasteiger charge is -2.50. The van der Waals surface area contributed by atoms with Crippen LogP contribution in [0.4, 0.5) is 0 Å². The molecule has 32 nitrogen and oxygen atoms in total. The van der Waals surface area contributed by atoms with Gasteiger partial charge >= 0.3 is 0 Å². The van der Waals surface area contributed by atoms with E-state index in [9.17, 15) is 91.0 Å². The van der Waals surface area contributed by atoms with E-state index in [1.54, 1.807) is 0 Å². The molecule has 0 saturated carbocycles. The van der Waals surface area contributed by atoms with Crippen molar-refractivity contribution in [3.8, 4) is 0 Å². The highest BCUT2D eigenvalue weighted by Crippen LogP contribution is 2.36. The molecule has 0 radical (unpaired) electrons. The van der Waals surface area contributed by atoms with Crippen molar-refractivity contribution >= 4 is 17.7 Å². The second-order valence-electron chi connectivity index (χ2n) is 18.9. The maximum Gasteiger partial charge on any atom is 0.217 e. The van der Waals surface area contributed by atoms with E-state index in [0.29, 0.717) is 0 Å². The van der Waals surface area contributed by atoms with Crippen molar-refractivity contribution in [3.63, 3.8) is 0 Å². The van der Waals surface area contributed by atoms with Crippen LogP contribution in [0.15, 0.2) is 0 Å². The van der Waals surface area contributed by atoms with Crippen LogP contribution in [0.25, 0.3) is 0 Å². The predicted octanol–water partition coefficient (Wildman–Crippen LogP) is -12.0. The van der Waals surface area contributed by atoms with E-state index in [1.165, 1.54) is 6.92 Å². The number of rotatable bonds is 18. The third kappa shape index (κ3) is 13.4. The minimum Gasteiger partial charge on any atom is -0.394 e. The summed E-state index contributed by atoms with van der Waals surface area (Å²) < 4.78 is 64.2. The standard InChI is InChI=1S/C42H71N3O29/c1-11-23(53)30(60)32(62)40(66-11)65-10-20-35(24(54)15(9-64-20)43-12(2)50)71-39-22(45-14(4)52)29(59)34(19(8-49)70-39)72-41-33(63)36(27(57)18(7-48)68-41)73-42-37(31(61)26(56)17(6-47)69-42)74-38-21(44-13(3)51)28(58)25(55)16(5-46)67-38/h11,15-42,46-49,53-63H,5-10H2,1-4H3,(H,43,50)(H,44,51)(H,45,52)/t11-,15-,16+,17+,18+,19+,20+,21+,22+,23+,24+,25+,26+,27+,28+,29+,30+,31-,32-,33-,34+,35+,36-,37-,38+,39-,40-,41-,42+/m0/s1. The maximum absolute atomic E-state index is 12.7. The number of hydrogen-bond donors (Lipinski definition) is 18. The van der Waals surface area contributed by atoms with Crippen LogP contribution < -0.4 is 16.0 Å². The molecule has 6 saturated heterocycles. The van der Waals surface area contributed by atoms with E-state index < -0.39 is 229 Å². The Hall–Kier alpha value is -2.63. The summed E-state index contributed by atoms with van der Waals surface area (Å²) in [5, 5.41) is 169. The van der Waals surface area contributed by atoms with Crippen molar-refractivity contribution in [2.45, 2.75) is 205 Å². The molecule has 0 aromatic carbocycles. The Bertz CT molecular complexity index is 1820. The molecule has 6 aliphatic rings. The predicted molar refractivity (Wildman–Crippen MR) is 231 cm³/mol. The molecule has 32 heteroatoms. The molecular formula is C42H71N3O29. The second-order valence-corrected chi connectivity index (χ2v) is 18.9. The summed E-state index contributed by atoms with van der Waals surface area (Å²) in [4.78, 5) is 36.9. The van der Waals surface area contributed by atoms with Gasteiger partial charge in [0, 0.05) is 20.8 Å². The van der Waals surface area contributed by atoms with Crippen LogP contribution in [-0.4, -0.2) is 312 Å². The van der Waals surface area contributed by atoms with E-state index >= 15 is 0 Å². The number of hydrogen-bond acceptors (Lipinski definition) is 29. The summed E-state index contributed by atoms with van der Waals surface area (Å²) >= 11 is 0. The van der Waals surface area contributed by atoms with Crippen LogP contribution in [0.2, 0.25) is 0 Å². The first-order chi connectivity index (χ1) is 35.0. The lowest BCUT2D eigenvalue weighted by molar-refractivity contribution is -0.391.